The molecule has 10 heteroatoms. The lowest BCUT2D eigenvalue weighted by Crippen LogP contribution is -2.31. The zero-order valence-corrected chi connectivity index (χ0v) is 15.1. The van der Waals surface area contributed by atoms with Crippen molar-refractivity contribution in [3.63, 3.8) is 0 Å². The molecular weight excluding hydrogens is 372 g/mol. The second-order valence-corrected chi connectivity index (χ2v) is 6.55. The number of carbonyl (C=O) groups excluding carboxylic acids is 1. The van der Waals surface area contributed by atoms with Crippen molar-refractivity contribution in [3.05, 3.63) is 41.5 Å². The Kier molecular flexibility index (Phi) is 5.01. The van der Waals surface area contributed by atoms with E-state index in [0.717, 1.165) is 6.42 Å². The number of benzene rings is 1. The van der Waals surface area contributed by atoms with Crippen LogP contribution in [0.1, 0.15) is 18.7 Å². The van der Waals surface area contributed by atoms with Crippen molar-refractivity contribution in [2.45, 2.75) is 25.4 Å². The standard InChI is InChI=1S/C17H17ClN6O3/c18-12-3-1-2-4-13(12)26-11-7-8-24(9-11)15(25)6-5-14-21-17(23-27-14)16-19-10-20-22-16/h1-4,10-11H,5-9H2,(H,19,20,22). The molecule has 3 heterocycles. The van der Waals surface area contributed by atoms with Crippen molar-refractivity contribution in [1.29, 1.82) is 0 Å². The van der Waals surface area contributed by atoms with Crippen molar-refractivity contribution in [2.75, 3.05) is 13.1 Å². The average Bonchev–Trinajstić information content (AvgIpc) is 3.43. The summed E-state index contributed by atoms with van der Waals surface area (Å²) < 4.78 is 11.1. The van der Waals surface area contributed by atoms with Crippen LogP contribution in [0.5, 0.6) is 5.75 Å². The molecule has 1 aliphatic heterocycles. The van der Waals surface area contributed by atoms with E-state index >= 15 is 0 Å². The molecule has 9 nitrogen and oxygen atoms in total. The SMILES string of the molecule is O=C(CCc1nc(-c2ncn[nH]2)no1)N1CCC(Oc2ccccc2Cl)C1. The summed E-state index contributed by atoms with van der Waals surface area (Å²) in [5, 5.41) is 10.8. The summed E-state index contributed by atoms with van der Waals surface area (Å²) in [4.78, 5) is 22.4. The van der Waals surface area contributed by atoms with Crippen molar-refractivity contribution in [3.8, 4) is 17.4 Å². The van der Waals surface area contributed by atoms with E-state index in [1.165, 1.54) is 6.33 Å². The molecular formula is C17H17ClN6O3. The van der Waals surface area contributed by atoms with Crippen LogP contribution in [0, 0.1) is 0 Å². The first-order chi connectivity index (χ1) is 13.2. The third-order valence-electron chi connectivity index (χ3n) is 4.28. The summed E-state index contributed by atoms with van der Waals surface area (Å²) in [5.74, 6) is 1.81. The number of H-pyrrole nitrogens is 1. The molecule has 4 rings (SSSR count). The number of hydrogen-bond donors (Lipinski definition) is 1. The van der Waals surface area contributed by atoms with Crippen LogP contribution in [0.2, 0.25) is 5.02 Å². The van der Waals surface area contributed by atoms with E-state index in [-0.39, 0.29) is 18.4 Å². The van der Waals surface area contributed by atoms with Gasteiger partial charge in [0.25, 0.3) is 0 Å². The summed E-state index contributed by atoms with van der Waals surface area (Å²) in [6, 6.07) is 7.34. The zero-order chi connectivity index (χ0) is 18.6. The highest BCUT2D eigenvalue weighted by molar-refractivity contribution is 6.32. The highest BCUT2D eigenvalue weighted by Crippen LogP contribution is 2.26. The molecule has 1 N–H and O–H groups in total. The molecule has 2 aromatic heterocycles. The topological polar surface area (TPSA) is 110 Å². The third kappa shape index (κ3) is 4.08. The van der Waals surface area contributed by atoms with E-state index in [1.807, 2.05) is 18.2 Å². The monoisotopic (exact) mass is 388 g/mol. The minimum atomic E-state index is -0.0599. The summed E-state index contributed by atoms with van der Waals surface area (Å²) >= 11 is 6.12. The Morgan fingerprint density at radius 3 is 3.11 bits per heavy atom. The van der Waals surface area contributed by atoms with Gasteiger partial charge in [-0.25, -0.2) is 4.98 Å². The molecule has 0 radical (unpaired) electrons. The van der Waals surface area contributed by atoms with Gasteiger partial charge < -0.3 is 14.2 Å². The maximum Gasteiger partial charge on any atom is 0.239 e. The Labute approximate surface area is 159 Å². The number of nitrogens with zero attached hydrogens (tertiary/aromatic N) is 5. The number of amides is 1. The molecule has 1 unspecified atom stereocenters. The average molecular weight is 389 g/mol. The first kappa shape index (κ1) is 17.5. The minimum Gasteiger partial charge on any atom is -0.487 e. The molecule has 3 aromatic rings. The molecule has 0 bridgehead atoms. The number of carbonyl (C=O) groups is 1. The number of aromatic nitrogens is 5. The van der Waals surface area contributed by atoms with Gasteiger partial charge in [-0.3, -0.25) is 9.89 Å². The highest BCUT2D eigenvalue weighted by Gasteiger charge is 2.28. The van der Waals surface area contributed by atoms with Crippen LogP contribution in [0.25, 0.3) is 11.6 Å². The maximum absolute atomic E-state index is 12.4. The number of halogens is 1. The molecule has 1 saturated heterocycles. The Morgan fingerprint density at radius 2 is 2.30 bits per heavy atom. The molecule has 1 aromatic carbocycles. The maximum atomic E-state index is 12.4. The molecule has 0 saturated carbocycles. The predicted octanol–water partition coefficient (Wildman–Crippen LogP) is 2.12. The van der Waals surface area contributed by atoms with E-state index in [1.54, 1.807) is 11.0 Å². The van der Waals surface area contributed by atoms with Crippen LogP contribution in [-0.2, 0) is 11.2 Å². The molecule has 1 atom stereocenters. The number of rotatable bonds is 6. The predicted molar refractivity (Wildman–Crippen MR) is 95.1 cm³/mol. The number of hydrogen-bond acceptors (Lipinski definition) is 7. The van der Waals surface area contributed by atoms with E-state index in [2.05, 4.69) is 25.3 Å². The number of ether oxygens (including phenoxy) is 1. The first-order valence-corrected chi connectivity index (χ1v) is 8.94. The van der Waals surface area contributed by atoms with Gasteiger partial charge in [-0.2, -0.15) is 10.1 Å². The van der Waals surface area contributed by atoms with Crippen LogP contribution < -0.4 is 4.74 Å². The lowest BCUT2D eigenvalue weighted by Gasteiger charge is -2.17. The van der Waals surface area contributed by atoms with Crippen LogP contribution in [-0.4, -0.2) is 55.3 Å². The fraction of sp³-hybridized carbons (Fsp3) is 0.353. The van der Waals surface area contributed by atoms with Crippen molar-refractivity contribution < 1.29 is 14.1 Å². The lowest BCUT2D eigenvalue weighted by molar-refractivity contribution is -0.130. The molecule has 27 heavy (non-hydrogen) atoms. The van der Waals surface area contributed by atoms with Gasteiger partial charge in [0.15, 0.2) is 5.82 Å². The van der Waals surface area contributed by atoms with Gasteiger partial charge >= 0.3 is 0 Å². The third-order valence-corrected chi connectivity index (χ3v) is 4.59. The largest absolute Gasteiger partial charge is 0.487 e. The minimum absolute atomic E-state index is 0.0275. The van der Waals surface area contributed by atoms with Crippen molar-refractivity contribution in [1.82, 2.24) is 30.2 Å². The normalized spacial score (nSPS) is 16.6. The smallest absolute Gasteiger partial charge is 0.239 e. The van der Waals surface area contributed by atoms with Gasteiger partial charge in [-0.1, -0.05) is 28.9 Å². The van der Waals surface area contributed by atoms with Crippen molar-refractivity contribution >= 4 is 17.5 Å². The highest BCUT2D eigenvalue weighted by atomic mass is 35.5. The Bertz CT molecular complexity index is 913. The van der Waals surface area contributed by atoms with E-state index in [0.29, 0.717) is 47.8 Å². The zero-order valence-electron chi connectivity index (χ0n) is 14.3. The lowest BCUT2D eigenvalue weighted by atomic mass is 10.3. The number of likely N-dealkylation sites (tertiary alicyclic amines) is 1. The van der Waals surface area contributed by atoms with Gasteiger partial charge in [-0.15, -0.1) is 0 Å². The fourth-order valence-electron chi connectivity index (χ4n) is 2.91. The molecule has 1 amide bonds. The van der Waals surface area contributed by atoms with E-state index in [9.17, 15) is 4.79 Å². The van der Waals surface area contributed by atoms with Crippen molar-refractivity contribution in [2.24, 2.45) is 0 Å². The number of aromatic amines is 1. The van der Waals surface area contributed by atoms with Gasteiger partial charge in [0.05, 0.1) is 11.6 Å². The molecule has 0 spiro atoms. The van der Waals surface area contributed by atoms with Gasteiger partial charge in [-0.05, 0) is 12.1 Å². The fourth-order valence-corrected chi connectivity index (χ4v) is 3.09. The Morgan fingerprint density at radius 1 is 1.41 bits per heavy atom. The Balaban J connectivity index is 1.27. The van der Waals surface area contributed by atoms with Gasteiger partial charge in [0.2, 0.25) is 17.6 Å². The summed E-state index contributed by atoms with van der Waals surface area (Å²) in [7, 11) is 0. The Hall–Kier alpha value is -2.94. The van der Waals surface area contributed by atoms with Crippen LogP contribution in [0.3, 0.4) is 0 Å². The van der Waals surface area contributed by atoms with Crippen LogP contribution in [0.4, 0.5) is 0 Å². The molecule has 0 aliphatic carbocycles. The van der Waals surface area contributed by atoms with E-state index < -0.39 is 0 Å². The number of para-hydroxylation sites is 1. The molecule has 1 fully saturated rings. The van der Waals surface area contributed by atoms with Gasteiger partial charge in [0, 0.05) is 25.8 Å². The second-order valence-electron chi connectivity index (χ2n) is 6.14. The van der Waals surface area contributed by atoms with Gasteiger partial charge in [0.1, 0.15) is 18.2 Å². The summed E-state index contributed by atoms with van der Waals surface area (Å²) in [6.07, 6.45) is 2.73. The summed E-state index contributed by atoms with van der Waals surface area (Å²) in [6.45, 7) is 1.19. The quantitative estimate of drug-likeness (QED) is 0.688. The summed E-state index contributed by atoms with van der Waals surface area (Å²) in [5.41, 5.74) is 0. The number of aryl methyl sites for hydroxylation is 1. The van der Waals surface area contributed by atoms with E-state index in [4.69, 9.17) is 20.9 Å². The molecule has 140 valence electrons. The number of nitrogens with one attached hydrogen (secondary N) is 1. The second kappa shape index (κ2) is 7.75. The first-order valence-electron chi connectivity index (χ1n) is 8.56. The molecule has 1 aliphatic rings. The van der Waals surface area contributed by atoms with Crippen LogP contribution in [0.15, 0.2) is 35.1 Å². The van der Waals surface area contributed by atoms with Crippen LogP contribution >= 0.6 is 11.6 Å².